The number of hydrogen-bond donors (Lipinski definition) is 0. The maximum atomic E-state index is 12.8. The number of rotatable bonds is 49. The van der Waals surface area contributed by atoms with Crippen LogP contribution in [-0.4, -0.2) is 37.2 Å². The van der Waals surface area contributed by atoms with Crippen LogP contribution in [0.15, 0.2) is 122 Å². The molecular weight excluding hydrogens is 853 g/mol. The summed E-state index contributed by atoms with van der Waals surface area (Å²) in [6.07, 6.45) is 77.7. The van der Waals surface area contributed by atoms with E-state index in [1.807, 2.05) is 12.2 Å². The summed E-state index contributed by atoms with van der Waals surface area (Å²) in [6.45, 7) is 6.39. The van der Waals surface area contributed by atoms with E-state index in [4.69, 9.17) is 14.2 Å². The van der Waals surface area contributed by atoms with E-state index in [-0.39, 0.29) is 44.0 Å². The highest BCUT2D eigenvalue weighted by molar-refractivity contribution is 5.71. The first-order valence-corrected chi connectivity index (χ1v) is 28.0. The molecule has 0 aliphatic rings. The molecule has 0 heterocycles. The van der Waals surface area contributed by atoms with Crippen LogP contribution < -0.4 is 0 Å². The lowest BCUT2D eigenvalue weighted by Crippen LogP contribution is -2.30. The van der Waals surface area contributed by atoms with Gasteiger partial charge in [-0.25, -0.2) is 0 Å². The summed E-state index contributed by atoms with van der Waals surface area (Å²) < 4.78 is 16.7. The molecule has 6 nitrogen and oxygen atoms in total. The molecule has 0 aliphatic heterocycles. The third-order valence-electron chi connectivity index (χ3n) is 11.4. The normalized spacial score (nSPS) is 13.0. The Kier molecular flexibility index (Phi) is 53.0. The van der Waals surface area contributed by atoms with Gasteiger partial charge in [-0.2, -0.15) is 0 Å². The standard InChI is InChI=1S/C63H102O6/c1-4-7-10-13-16-19-22-25-28-30-31-33-35-38-41-44-47-50-53-56-62(65)68-59-60(58-67-61(64)55-52-49-46-43-40-37-34-27-24-21-18-15-12-9-6-3)69-63(66)57-54-51-48-45-42-39-36-32-29-26-23-20-17-14-11-8-5-2/h7,10,16,19,25-29,31,33-34,36,38-39,41,45,47-48,50,60H,4-6,8-9,11-15,17-18,20-24,30,32,35,37,40,42-44,46,49,51-59H2,1-3H3/b10-7-,19-16-,28-25-,29-26-,33-31-,34-27-,39-36-,41-38-,48-45-,50-47-/t60-/m0/s1. The Hall–Kier alpha value is -4.19. The average molecular weight is 956 g/mol. The molecule has 69 heavy (non-hydrogen) atoms. The van der Waals surface area contributed by atoms with Crippen LogP contribution in [-0.2, 0) is 28.6 Å². The molecule has 0 aromatic rings. The molecule has 0 rings (SSSR count). The molecule has 0 saturated heterocycles. The quantitative estimate of drug-likeness (QED) is 0.0262. The Balaban J connectivity index is 4.60. The highest BCUT2D eigenvalue weighted by atomic mass is 16.6. The zero-order valence-electron chi connectivity index (χ0n) is 44.5. The molecule has 0 N–H and O–H groups in total. The first kappa shape index (κ1) is 64.8. The lowest BCUT2D eigenvalue weighted by Gasteiger charge is -2.18. The van der Waals surface area contributed by atoms with Gasteiger partial charge in [0.25, 0.3) is 0 Å². The lowest BCUT2D eigenvalue weighted by atomic mass is 10.1. The van der Waals surface area contributed by atoms with Crippen molar-refractivity contribution in [3.8, 4) is 0 Å². The van der Waals surface area contributed by atoms with Gasteiger partial charge >= 0.3 is 17.9 Å². The molecule has 0 fully saturated rings. The maximum absolute atomic E-state index is 12.8. The van der Waals surface area contributed by atoms with Crippen molar-refractivity contribution >= 4 is 17.9 Å². The highest BCUT2D eigenvalue weighted by Crippen LogP contribution is 2.12. The number of carbonyl (C=O) groups excluding carboxylic acids is 3. The van der Waals surface area contributed by atoms with Gasteiger partial charge in [-0.15, -0.1) is 0 Å². The Morgan fingerprint density at radius 1 is 0.304 bits per heavy atom. The molecule has 1 atom stereocenters. The topological polar surface area (TPSA) is 78.9 Å². The Labute approximate surface area is 424 Å². The molecule has 0 saturated carbocycles. The molecular formula is C63H102O6. The van der Waals surface area contributed by atoms with Crippen LogP contribution in [0.3, 0.4) is 0 Å². The van der Waals surface area contributed by atoms with Gasteiger partial charge in [0, 0.05) is 19.3 Å². The average Bonchev–Trinajstić information content (AvgIpc) is 3.35. The summed E-state index contributed by atoms with van der Waals surface area (Å²) in [7, 11) is 0. The van der Waals surface area contributed by atoms with Gasteiger partial charge in [0.05, 0.1) is 0 Å². The van der Waals surface area contributed by atoms with E-state index < -0.39 is 6.10 Å². The number of esters is 3. The number of allylic oxidation sites excluding steroid dienone is 20. The van der Waals surface area contributed by atoms with E-state index in [9.17, 15) is 14.4 Å². The molecule has 0 aliphatic carbocycles. The highest BCUT2D eigenvalue weighted by Gasteiger charge is 2.19. The van der Waals surface area contributed by atoms with Crippen molar-refractivity contribution in [1.82, 2.24) is 0 Å². The van der Waals surface area contributed by atoms with Crippen LogP contribution >= 0.6 is 0 Å². The Morgan fingerprint density at radius 3 is 1.03 bits per heavy atom. The van der Waals surface area contributed by atoms with Gasteiger partial charge in [-0.05, 0) is 116 Å². The van der Waals surface area contributed by atoms with Crippen molar-refractivity contribution in [2.24, 2.45) is 0 Å². The predicted molar refractivity (Wildman–Crippen MR) is 297 cm³/mol. The summed E-state index contributed by atoms with van der Waals surface area (Å²) >= 11 is 0. The van der Waals surface area contributed by atoms with E-state index in [1.165, 1.54) is 96.3 Å². The van der Waals surface area contributed by atoms with Crippen LogP contribution in [0.2, 0.25) is 0 Å². The van der Waals surface area contributed by atoms with E-state index in [0.717, 1.165) is 89.9 Å². The first-order chi connectivity index (χ1) is 34.0. The fourth-order valence-corrected chi connectivity index (χ4v) is 7.24. The van der Waals surface area contributed by atoms with Crippen LogP contribution in [0, 0.1) is 0 Å². The fourth-order valence-electron chi connectivity index (χ4n) is 7.24. The number of unbranched alkanes of at least 4 members (excludes halogenated alkanes) is 18. The van der Waals surface area contributed by atoms with Gasteiger partial charge in [0.1, 0.15) is 13.2 Å². The Morgan fingerprint density at radius 2 is 0.609 bits per heavy atom. The zero-order chi connectivity index (χ0) is 50.0. The predicted octanol–water partition coefficient (Wildman–Crippen LogP) is 18.9. The molecule has 0 aromatic heterocycles. The molecule has 0 unspecified atom stereocenters. The van der Waals surface area contributed by atoms with Crippen molar-refractivity contribution in [2.75, 3.05) is 13.2 Å². The molecule has 390 valence electrons. The van der Waals surface area contributed by atoms with Gasteiger partial charge in [-0.3, -0.25) is 14.4 Å². The summed E-state index contributed by atoms with van der Waals surface area (Å²) in [6, 6.07) is 0. The third kappa shape index (κ3) is 54.6. The van der Waals surface area contributed by atoms with Gasteiger partial charge in [0.2, 0.25) is 0 Å². The summed E-state index contributed by atoms with van der Waals surface area (Å²) in [4.78, 5) is 38.1. The van der Waals surface area contributed by atoms with Crippen molar-refractivity contribution in [2.45, 2.75) is 245 Å². The van der Waals surface area contributed by atoms with Crippen LogP contribution in [0.4, 0.5) is 0 Å². The molecule has 0 bridgehead atoms. The van der Waals surface area contributed by atoms with Crippen LogP contribution in [0.25, 0.3) is 0 Å². The Bertz CT molecular complexity index is 1470. The number of hydrogen-bond acceptors (Lipinski definition) is 6. The lowest BCUT2D eigenvalue weighted by molar-refractivity contribution is -0.166. The summed E-state index contributed by atoms with van der Waals surface area (Å²) in [5, 5.41) is 0. The molecule has 0 spiro atoms. The van der Waals surface area contributed by atoms with E-state index in [0.29, 0.717) is 19.3 Å². The monoisotopic (exact) mass is 955 g/mol. The maximum Gasteiger partial charge on any atom is 0.306 e. The minimum atomic E-state index is -0.842. The number of carbonyl (C=O) groups is 3. The fraction of sp³-hybridized carbons (Fsp3) is 0.635. The molecule has 0 aromatic carbocycles. The van der Waals surface area contributed by atoms with E-state index in [1.54, 1.807) is 0 Å². The summed E-state index contributed by atoms with van der Waals surface area (Å²) in [5.41, 5.74) is 0. The zero-order valence-corrected chi connectivity index (χ0v) is 44.5. The molecule has 6 heteroatoms. The van der Waals surface area contributed by atoms with Crippen LogP contribution in [0.1, 0.15) is 239 Å². The minimum Gasteiger partial charge on any atom is -0.462 e. The second-order valence-corrected chi connectivity index (χ2v) is 18.1. The second kappa shape index (κ2) is 56.4. The van der Waals surface area contributed by atoms with Gasteiger partial charge in [0.15, 0.2) is 6.10 Å². The van der Waals surface area contributed by atoms with Gasteiger partial charge in [-0.1, -0.05) is 226 Å². The minimum absolute atomic E-state index is 0.128. The second-order valence-electron chi connectivity index (χ2n) is 18.1. The van der Waals surface area contributed by atoms with Crippen LogP contribution in [0.5, 0.6) is 0 Å². The SMILES string of the molecule is CC/C=C\C/C=C\C/C=C\C/C=C\C/C=C\C/C=C\CCC(=O)OC[C@H](COC(=O)CCCCCCC/C=C\CCCCCCCC)OC(=O)CCC/C=C\C/C=C\C/C=C\CCCCCCCC. The van der Waals surface area contributed by atoms with E-state index in [2.05, 4.69) is 130 Å². The third-order valence-corrected chi connectivity index (χ3v) is 11.4. The molecule has 0 amide bonds. The molecule has 0 radical (unpaired) electrons. The number of ether oxygens (including phenoxy) is 3. The van der Waals surface area contributed by atoms with Crippen molar-refractivity contribution < 1.29 is 28.6 Å². The van der Waals surface area contributed by atoms with Crippen molar-refractivity contribution in [3.63, 3.8) is 0 Å². The van der Waals surface area contributed by atoms with Crippen molar-refractivity contribution in [1.29, 1.82) is 0 Å². The van der Waals surface area contributed by atoms with E-state index >= 15 is 0 Å². The van der Waals surface area contributed by atoms with Crippen molar-refractivity contribution in [3.05, 3.63) is 122 Å². The van der Waals surface area contributed by atoms with Gasteiger partial charge < -0.3 is 14.2 Å². The largest absolute Gasteiger partial charge is 0.462 e. The first-order valence-electron chi connectivity index (χ1n) is 28.0. The smallest absolute Gasteiger partial charge is 0.306 e. The summed E-state index contributed by atoms with van der Waals surface area (Å²) in [5.74, 6) is -1.08.